The van der Waals surface area contributed by atoms with E-state index in [1.54, 1.807) is 31.2 Å². The molecule has 2 amide bonds. The second-order valence-electron chi connectivity index (χ2n) is 6.36. The fraction of sp³-hybridized carbons (Fsp3) is 0.278. The lowest BCUT2D eigenvalue weighted by Crippen LogP contribution is -2.36. The largest absolute Gasteiger partial charge is 0.484 e. The summed E-state index contributed by atoms with van der Waals surface area (Å²) in [6.45, 7) is 1.61. The predicted molar refractivity (Wildman–Crippen MR) is 109 cm³/mol. The van der Waals surface area contributed by atoms with Crippen LogP contribution in [0.1, 0.15) is 22.2 Å². The molecule has 1 aromatic carbocycles. The molecule has 32 heavy (non-hydrogen) atoms. The molecule has 0 aliphatic carbocycles. The first-order chi connectivity index (χ1) is 15.3. The highest BCUT2D eigenvalue weighted by Crippen LogP contribution is 2.26. The van der Waals surface area contributed by atoms with Gasteiger partial charge in [0.1, 0.15) is 12.3 Å². The first kappa shape index (κ1) is 22.7. The number of aromatic nitrogens is 4. The van der Waals surface area contributed by atoms with E-state index in [1.807, 2.05) is 6.07 Å². The number of para-hydroxylation sites is 1. The third kappa shape index (κ3) is 5.78. The second kappa shape index (κ2) is 10.3. The van der Waals surface area contributed by atoms with Gasteiger partial charge < -0.3 is 30.0 Å². The first-order valence-electron chi connectivity index (χ1n) is 9.27. The van der Waals surface area contributed by atoms with Crippen LogP contribution >= 0.6 is 11.6 Å². The quantitative estimate of drug-likeness (QED) is 0.254. The third-order valence-corrected chi connectivity index (χ3v) is 4.53. The fourth-order valence-electron chi connectivity index (χ4n) is 2.49. The zero-order valence-electron chi connectivity index (χ0n) is 16.8. The molecule has 13 nitrogen and oxygen atoms in total. The van der Waals surface area contributed by atoms with E-state index in [0.29, 0.717) is 11.4 Å². The Labute approximate surface area is 185 Å². The minimum absolute atomic E-state index is 0.0757. The van der Waals surface area contributed by atoms with Gasteiger partial charge in [0.05, 0.1) is 10.8 Å². The molecule has 14 heteroatoms. The highest BCUT2D eigenvalue weighted by molar-refractivity contribution is 6.33. The molecule has 3 rings (SSSR count). The summed E-state index contributed by atoms with van der Waals surface area (Å²) >= 11 is 5.88. The molecule has 2 N–H and O–H groups in total. The Morgan fingerprint density at radius 3 is 2.66 bits per heavy atom. The monoisotopic (exact) mass is 463 g/mol. The number of carbonyl (C=O) groups is 2. The minimum atomic E-state index is -0.701. The highest BCUT2D eigenvalue weighted by atomic mass is 35.5. The maximum atomic E-state index is 12.1. The summed E-state index contributed by atoms with van der Waals surface area (Å²) in [6, 6.07) is 8.88. The zero-order valence-corrected chi connectivity index (χ0v) is 17.5. The Kier molecular flexibility index (Phi) is 7.33. The second-order valence-corrected chi connectivity index (χ2v) is 6.74. The molecule has 0 radical (unpaired) electrons. The van der Waals surface area contributed by atoms with Crippen molar-refractivity contribution in [1.82, 2.24) is 30.6 Å². The van der Waals surface area contributed by atoms with Gasteiger partial charge in [-0.3, -0.25) is 9.59 Å². The van der Waals surface area contributed by atoms with Crippen LogP contribution in [-0.4, -0.2) is 56.4 Å². The standard InChI is InChI=1S/C18H18ClN7O6/c1-11-15(19)16(26(29)30)23-25(11)9-13-22-18(32-24-13)17(28)21-8-7-20-14(27)10-31-12-5-3-2-4-6-12/h2-6H,7-10H2,1H3,(H,20,27)(H,21,28). The van der Waals surface area contributed by atoms with Crippen LogP contribution < -0.4 is 15.4 Å². The predicted octanol–water partition coefficient (Wildman–Crippen LogP) is 1.11. The van der Waals surface area contributed by atoms with Gasteiger partial charge in [0.2, 0.25) is 0 Å². The number of ether oxygens (including phenoxy) is 1. The maximum absolute atomic E-state index is 12.1. The highest BCUT2D eigenvalue weighted by Gasteiger charge is 2.25. The summed E-state index contributed by atoms with van der Waals surface area (Å²) in [4.78, 5) is 38.0. The lowest BCUT2D eigenvalue weighted by atomic mass is 10.3. The smallest absolute Gasteiger partial charge is 0.408 e. The summed E-state index contributed by atoms with van der Waals surface area (Å²) < 4.78 is 11.4. The molecule has 0 fully saturated rings. The lowest BCUT2D eigenvalue weighted by Gasteiger charge is -2.07. The van der Waals surface area contributed by atoms with Crippen molar-refractivity contribution in [2.75, 3.05) is 19.7 Å². The van der Waals surface area contributed by atoms with Gasteiger partial charge in [0.15, 0.2) is 17.5 Å². The number of nitro groups is 1. The van der Waals surface area contributed by atoms with Crippen molar-refractivity contribution in [2.24, 2.45) is 0 Å². The molecule has 0 aliphatic heterocycles. The number of benzene rings is 1. The van der Waals surface area contributed by atoms with Crippen molar-refractivity contribution in [3.63, 3.8) is 0 Å². The summed E-state index contributed by atoms with van der Waals surface area (Å²) in [7, 11) is 0. The van der Waals surface area contributed by atoms with Gasteiger partial charge in [-0.05, 0) is 24.0 Å². The molecule has 2 heterocycles. The molecule has 2 aromatic heterocycles. The maximum Gasteiger partial charge on any atom is 0.408 e. The van der Waals surface area contributed by atoms with E-state index in [4.69, 9.17) is 20.9 Å². The van der Waals surface area contributed by atoms with Crippen LogP contribution in [0.4, 0.5) is 5.82 Å². The van der Waals surface area contributed by atoms with Crippen molar-refractivity contribution >= 4 is 29.2 Å². The summed E-state index contributed by atoms with van der Waals surface area (Å²) in [5.74, 6) is -1.11. The van der Waals surface area contributed by atoms with Crippen LogP contribution in [0.3, 0.4) is 0 Å². The SMILES string of the molecule is Cc1c(Cl)c([N+](=O)[O-])nn1Cc1noc(C(=O)NCCNC(=O)COc2ccccc2)n1. The normalized spacial score (nSPS) is 10.6. The third-order valence-electron chi connectivity index (χ3n) is 4.09. The van der Waals surface area contributed by atoms with Gasteiger partial charge in [-0.15, -0.1) is 0 Å². The van der Waals surface area contributed by atoms with Gasteiger partial charge in [0, 0.05) is 13.1 Å². The Morgan fingerprint density at radius 1 is 1.25 bits per heavy atom. The van der Waals surface area contributed by atoms with E-state index in [-0.39, 0.29) is 48.9 Å². The zero-order chi connectivity index (χ0) is 23.1. The molecule has 0 unspecified atom stereocenters. The molecule has 0 aliphatic rings. The van der Waals surface area contributed by atoms with Crippen LogP contribution in [0.2, 0.25) is 5.02 Å². The molecular weight excluding hydrogens is 446 g/mol. The number of amides is 2. The van der Waals surface area contributed by atoms with Crippen molar-refractivity contribution in [3.8, 4) is 5.75 Å². The van der Waals surface area contributed by atoms with Crippen LogP contribution in [-0.2, 0) is 11.3 Å². The van der Waals surface area contributed by atoms with Crippen molar-refractivity contribution in [3.05, 3.63) is 62.9 Å². The molecule has 0 bridgehead atoms. The molecule has 3 aromatic rings. The van der Waals surface area contributed by atoms with E-state index in [2.05, 4.69) is 25.9 Å². The fourth-order valence-corrected chi connectivity index (χ4v) is 2.70. The van der Waals surface area contributed by atoms with E-state index in [9.17, 15) is 19.7 Å². The number of rotatable bonds is 10. The Bertz CT molecular complexity index is 1110. The van der Waals surface area contributed by atoms with Crippen LogP contribution in [0, 0.1) is 17.0 Å². The molecule has 168 valence electrons. The van der Waals surface area contributed by atoms with Gasteiger partial charge >= 0.3 is 17.6 Å². The van der Waals surface area contributed by atoms with Crippen molar-refractivity contribution in [2.45, 2.75) is 13.5 Å². The van der Waals surface area contributed by atoms with Crippen LogP contribution in [0.25, 0.3) is 0 Å². The average Bonchev–Trinajstić information content (AvgIpc) is 3.36. The lowest BCUT2D eigenvalue weighted by molar-refractivity contribution is -0.389. The molecule has 0 spiro atoms. The van der Waals surface area contributed by atoms with E-state index in [0.717, 1.165) is 0 Å². The summed E-state index contributed by atoms with van der Waals surface area (Å²) in [5.41, 5.74) is 0.348. The Balaban J connectivity index is 1.42. The molecule has 0 atom stereocenters. The Morgan fingerprint density at radius 2 is 1.97 bits per heavy atom. The number of nitrogens with zero attached hydrogens (tertiary/aromatic N) is 5. The van der Waals surface area contributed by atoms with Gasteiger partial charge in [0.25, 0.3) is 5.91 Å². The van der Waals surface area contributed by atoms with E-state index in [1.165, 1.54) is 4.68 Å². The van der Waals surface area contributed by atoms with Gasteiger partial charge in [-0.25, -0.2) is 0 Å². The van der Waals surface area contributed by atoms with Gasteiger partial charge in [-0.1, -0.05) is 35.0 Å². The number of nitrogens with one attached hydrogen (secondary N) is 2. The van der Waals surface area contributed by atoms with Crippen LogP contribution in [0.5, 0.6) is 5.75 Å². The molecule has 0 saturated carbocycles. The number of hydrogen-bond acceptors (Lipinski definition) is 9. The number of carbonyl (C=O) groups excluding carboxylic acids is 2. The minimum Gasteiger partial charge on any atom is -0.484 e. The summed E-state index contributed by atoms with van der Waals surface area (Å²) in [6.07, 6.45) is 0. The first-order valence-corrected chi connectivity index (χ1v) is 9.65. The topological polar surface area (TPSA) is 167 Å². The van der Waals surface area contributed by atoms with E-state index >= 15 is 0 Å². The number of halogens is 1. The summed E-state index contributed by atoms with van der Waals surface area (Å²) in [5, 5.41) is 23.4. The van der Waals surface area contributed by atoms with Crippen LogP contribution in [0.15, 0.2) is 34.9 Å². The van der Waals surface area contributed by atoms with Crippen molar-refractivity contribution in [1.29, 1.82) is 0 Å². The average molecular weight is 464 g/mol. The molecular formula is C18H18ClN7O6. The van der Waals surface area contributed by atoms with Gasteiger partial charge in [-0.2, -0.15) is 9.67 Å². The Hall–Kier alpha value is -4.00. The van der Waals surface area contributed by atoms with E-state index < -0.39 is 16.6 Å². The van der Waals surface area contributed by atoms with Crippen molar-refractivity contribution < 1.29 is 23.8 Å². The number of hydrogen-bond donors (Lipinski definition) is 2. The molecule has 0 saturated heterocycles.